The number of methoxy groups -OCH3 is 1. The van der Waals surface area contributed by atoms with Crippen molar-refractivity contribution in [1.82, 2.24) is 15.0 Å². The molecule has 2 aromatic heterocycles. The van der Waals surface area contributed by atoms with E-state index in [1.54, 1.807) is 25.6 Å². The summed E-state index contributed by atoms with van der Waals surface area (Å²) in [5.41, 5.74) is 5.13. The first-order valence-electron chi connectivity index (χ1n) is 9.89. The number of allylic oxidation sites excluding steroid dienone is 3. The predicted octanol–water partition coefficient (Wildman–Crippen LogP) is 5.03. The van der Waals surface area contributed by atoms with Crippen molar-refractivity contribution in [3.63, 3.8) is 0 Å². The number of nitrogens with one attached hydrogen (secondary N) is 1. The molecule has 1 atom stereocenters. The van der Waals surface area contributed by atoms with Crippen LogP contribution in [0.15, 0.2) is 73.3 Å². The smallest absolute Gasteiger partial charge is 0.225 e. The largest absolute Gasteiger partial charge is 0.497 e. The topological polar surface area (TPSA) is 54.0 Å². The van der Waals surface area contributed by atoms with Crippen LogP contribution in [0.4, 0.5) is 5.95 Å². The molecule has 3 aromatic rings. The first kappa shape index (κ1) is 19.0. The second-order valence-corrected chi connectivity index (χ2v) is 7.22. The van der Waals surface area contributed by atoms with E-state index < -0.39 is 0 Å². The van der Waals surface area contributed by atoms with E-state index in [1.807, 2.05) is 18.2 Å². The van der Waals surface area contributed by atoms with Gasteiger partial charge in [0.05, 0.1) is 13.2 Å². The van der Waals surface area contributed by atoms with Crippen LogP contribution < -0.4 is 4.90 Å². The van der Waals surface area contributed by atoms with Crippen LogP contribution in [-0.4, -0.2) is 28.6 Å². The number of fused-ring (bicyclic) bond motifs is 3. The minimum absolute atomic E-state index is 0.131. The molecule has 4 rings (SSSR count). The molecule has 0 spiro atoms. The third kappa shape index (κ3) is 3.81. The quantitative estimate of drug-likeness (QED) is 0.477. The van der Waals surface area contributed by atoms with Gasteiger partial charge in [0, 0.05) is 35.5 Å². The first-order valence-corrected chi connectivity index (χ1v) is 9.89. The molecule has 1 aliphatic rings. The Balaban J connectivity index is 1.74. The summed E-state index contributed by atoms with van der Waals surface area (Å²) in [6.45, 7) is 6.77. The lowest BCUT2D eigenvalue weighted by Gasteiger charge is -2.35. The number of hydrogen-bond donors (Lipinski definition) is 1. The minimum atomic E-state index is 0.131. The summed E-state index contributed by atoms with van der Waals surface area (Å²) < 4.78 is 5.38. The fourth-order valence-corrected chi connectivity index (χ4v) is 4.02. The van der Waals surface area contributed by atoms with Crippen molar-refractivity contribution in [2.75, 3.05) is 18.6 Å². The standard InChI is InChI=1S/C24H26N4O/c1-4-7-18(29-3)8-5-9-22-23-19(20-16-17(2)10-11-21(20)27-23)12-15-28(22)24-25-13-6-14-26-24/h4-8,10-11,13-14,16,22,27H,1,9,12,15H2,2-3H3/b8-5-,18-7+. The van der Waals surface area contributed by atoms with Crippen molar-refractivity contribution in [1.29, 1.82) is 0 Å². The number of anilines is 1. The van der Waals surface area contributed by atoms with Crippen LogP contribution in [0.1, 0.15) is 29.3 Å². The monoisotopic (exact) mass is 386 g/mol. The molecular weight excluding hydrogens is 360 g/mol. The molecule has 1 aliphatic heterocycles. The molecule has 0 amide bonds. The van der Waals surface area contributed by atoms with Gasteiger partial charge in [0.25, 0.3) is 0 Å². The van der Waals surface area contributed by atoms with Gasteiger partial charge in [-0.25, -0.2) is 9.97 Å². The van der Waals surface area contributed by atoms with E-state index in [-0.39, 0.29) is 6.04 Å². The summed E-state index contributed by atoms with van der Waals surface area (Å²) in [6, 6.07) is 8.59. The number of rotatable bonds is 6. The number of hydrogen-bond acceptors (Lipinski definition) is 4. The molecule has 3 heterocycles. The van der Waals surface area contributed by atoms with Crippen LogP contribution in [-0.2, 0) is 11.2 Å². The Kier molecular flexibility index (Phi) is 5.47. The van der Waals surface area contributed by atoms with Gasteiger partial charge >= 0.3 is 0 Å². The fourth-order valence-electron chi connectivity index (χ4n) is 4.02. The normalized spacial score (nSPS) is 17.0. The number of nitrogens with zero attached hydrogens (tertiary/aromatic N) is 3. The Labute approximate surface area is 171 Å². The second kappa shape index (κ2) is 8.35. The van der Waals surface area contributed by atoms with Gasteiger partial charge in [-0.3, -0.25) is 0 Å². The third-order valence-corrected chi connectivity index (χ3v) is 5.38. The highest BCUT2D eigenvalue weighted by atomic mass is 16.5. The molecule has 0 fully saturated rings. The molecule has 0 radical (unpaired) electrons. The zero-order valence-electron chi connectivity index (χ0n) is 16.9. The van der Waals surface area contributed by atoms with Crippen molar-refractivity contribution in [2.24, 2.45) is 0 Å². The summed E-state index contributed by atoms with van der Waals surface area (Å²) in [6.07, 6.45) is 13.1. The Bertz CT molecular complexity index is 1070. The molecular formula is C24H26N4O. The van der Waals surface area contributed by atoms with Gasteiger partial charge in [-0.05, 0) is 55.7 Å². The zero-order chi connectivity index (χ0) is 20.2. The summed E-state index contributed by atoms with van der Waals surface area (Å²) >= 11 is 0. The van der Waals surface area contributed by atoms with E-state index in [2.05, 4.69) is 57.6 Å². The van der Waals surface area contributed by atoms with Gasteiger partial charge in [0.1, 0.15) is 5.76 Å². The fraction of sp³-hybridized carbons (Fsp3) is 0.250. The van der Waals surface area contributed by atoms with Gasteiger partial charge in [0.15, 0.2) is 0 Å². The number of benzene rings is 1. The van der Waals surface area contributed by atoms with Gasteiger partial charge in [-0.15, -0.1) is 0 Å². The maximum atomic E-state index is 5.38. The third-order valence-electron chi connectivity index (χ3n) is 5.38. The highest BCUT2D eigenvalue weighted by Crippen LogP contribution is 2.38. The molecule has 5 heteroatoms. The average molecular weight is 386 g/mol. The summed E-state index contributed by atoms with van der Waals surface area (Å²) in [4.78, 5) is 15.0. The SMILES string of the molecule is C=C/C=C(\C=C/CC1c2[nH]c3ccc(C)cc3c2CCN1c1ncccn1)OC. The lowest BCUT2D eigenvalue weighted by Crippen LogP contribution is -2.36. The van der Waals surface area contributed by atoms with Crippen LogP contribution >= 0.6 is 0 Å². The molecule has 0 saturated heterocycles. The van der Waals surface area contributed by atoms with Crippen LogP contribution in [0, 0.1) is 6.92 Å². The number of aryl methyl sites for hydroxylation is 1. The van der Waals surface area contributed by atoms with Crippen molar-refractivity contribution in [3.8, 4) is 0 Å². The van der Waals surface area contributed by atoms with E-state index >= 15 is 0 Å². The molecule has 0 aliphatic carbocycles. The zero-order valence-corrected chi connectivity index (χ0v) is 16.9. The number of aromatic nitrogens is 3. The Morgan fingerprint density at radius 2 is 2.17 bits per heavy atom. The van der Waals surface area contributed by atoms with E-state index in [0.717, 1.165) is 31.1 Å². The molecule has 148 valence electrons. The molecule has 1 aromatic carbocycles. The van der Waals surface area contributed by atoms with Crippen molar-refractivity contribution in [2.45, 2.75) is 25.8 Å². The molecule has 0 bridgehead atoms. The summed E-state index contributed by atoms with van der Waals surface area (Å²) in [5, 5.41) is 1.33. The highest BCUT2D eigenvalue weighted by molar-refractivity contribution is 5.86. The van der Waals surface area contributed by atoms with Crippen molar-refractivity contribution < 1.29 is 4.74 Å². The van der Waals surface area contributed by atoms with Gasteiger partial charge in [0.2, 0.25) is 5.95 Å². The number of aromatic amines is 1. The Hall–Kier alpha value is -3.34. The predicted molar refractivity (Wildman–Crippen MR) is 118 cm³/mol. The molecule has 0 saturated carbocycles. The van der Waals surface area contributed by atoms with Crippen LogP contribution in [0.25, 0.3) is 10.9 Å². The minimum Gasteiger partial charge on any atom is -0.497 e. The average Bonchev–Trinajstić information content (AvgIpc) is 3.12. The number of ether oxygens (including phenoxy) is 1. The van der Waals surface area contributed by atoms with Crippen LogP contribution in [0.2, 0.25) is 0 Å². The molecule has 5 nitrogen and oxygen atoms in total. The second-order valence-electron chi connectivity index (χ2n) is 7.22. The maximum absolute atomic E-state index is 5.38. The molecule has 1 N–H and O–H groups in total. The molecule has 1 unspecified atom stereocenters. The van der Waals surface area contributed by atoms with Crippen LogP contribution in [0.5, 0.6) is 0 Å². The van der Waals surface area contributed by atoms with Gasteiger partial charge in [-0.1, -0.05) is 30.4 Å². The lowest BCUT2D eigenvalue weighted by molar-refractivity contribution is 0.306. The highest BCUT2D eigenvalue weighted by Gasteiger charge is 2.31. The Morgan fingerprint density at radius 1 is 1.34 bits per heavy atom. The molecule has 29 heavy (non-hydrogen) atoms. The van der Waals surface area contributed by atoms with Gasteiger partial charge < -0.3 is 14.6 Å². The summed E-state index contributed by atoms with van der Waals surface area (Å²) in [5.74, 6) is 1.55. The van der Waals surface area contributed by atoms with E-state index in [0.29, 0.717) is 0 Å². The first-order chi connectivity index (χ1) is 14.2. The van der Waals surface area contributed by atoms with Gasteiger partial charge in [-0.2, -0.15) is 0 Å². The lowest BCUT2D eigenvalue weighted by atomic mass is 9.95. The summed E-state index contributed by atoms with van der Waals surface area (Å²) in [7, 11) is 1.67. The van der Waals surface area contributed by atoms with Crippen molar-refractivity contribution in [3.05, 3.63) is 90.1 Å². The maximum Gasteiger partial charge on any atom is 0.225 e. The van der Waals surface area contributed by atoms with Crippen molar-refractivity contribution >= 4 is 16.9 Å². The van der Waals surface area contributed by atoms with E-state index in [1.165, 1.54) is 27.7 Å². The number of H-pyrrole nitrogens is 1. The van der Waals surface area contributed by atoms with E-state index in [9.17, 15) is 0 Å². The van der Waals surface area contributed by atoms with E-state index in [4.69, 9.17) is 4.74 Å². The Morgan fingerprint density at radius 3 is 2.93 bits per heavy atom. The van der Waals surface area contributed by atoms with Crippen LogP contribution in [0.3, 0.4) is 0 Å².